The predicted octanol–water partition coefficient (Wildman–Crippen LogP) is 3.60. The largest absolute Gasteiger partial charge is 0.465 e. The van der Waals surface area contributed by atoms with Crippen LogP contribution in [0.5, 0.6) is 0 Å². The molecule has 2 aliphatic heterocycles. The average Bonchev–Trinajstić information content (AvgIpc) is 3.00. The van der Waals surface area contributed by atoms with Crippen LogP contribution in [0.4, 0.5) is 10.1 Å². The van der Waals surface area contributed by atoms with Crippen LogP contribution in [0.2, 0.25) is 0 Å². The van der Waals surface area contributed by atoms with Crippen molar-refractivity contribution >= 4 is 5.69 Å². The van der Waals surface area contributed by atoms with Gasteiger partial charge in [-0.25, -0.2) is 4.39 Å². The minimum Gasteiger partial charge on any atom is -0.465 e. The van der Waals surface area contributed by atoms with E-state index in [0.29, 0.717) is 0 Å². The standard InChI is InChI=1S/C20H25FN2O2/c1-16-6-7-19(25-16)13-22-10-11-24-20(14-22)8-3-9-23(15-20)18-5-2-4-17(21)12-18/h2,4-7,12H,3,8-11,13-15H2,1H3. The highest BCUT2D eigenvalue weighted by Crippen LogP contribution is 2.32. The Balaban J connectivity index is 1.46. The predicted molar refractivity (Wildman–Crippen MR) is 95.3 cm³/mol. The summed E-state index contributed by atoms with van der Waals surface area (Å²) in [4.78, 5) is 4.67. The van der Waals surface area contributed by atoms with E-state index in [2.05, 4.69) is 15.9 Å². The van der Waals surface area contributed by atoms with Gasteiger partial charge in [0.2, 0.25) is 0 Å². The number of aryl methyl sites for hydroxylation is 1. The Morgan fingerprint density at radius 3 is 2.88 bits per heavy atom. The molecule has 4 nitrogen and oxygen atoms in total. The van der Waals surface area contributed by atoms with E-state index in [-0.39, 0.29) is 11.4 Å². The van der Waals surface area contributed by atoms with Crippen LogP contribution in [-0.2, 0) is 11.3 Å². The van der Waals surface area contributed by atoms with Crippen molar-refractivity contribution in [1.82, 2.24) is 4.90 Å². The maximum Gasteiger partial charge on any atom is 0.125 e. The molecule has 0 N–H and O–H groups in total. The highest BCUT2D eigenvalue weighted by atomic mass is 19.1. The molecule has 3 heterocycles. The summed E-state index contributed by atoms with van der Waals surface area (Å²) < 4.78 is 25.6. The first-order valence-electron chi connectivity index (χ1n) is 9.04. The minimum absolute atomic E-state index is 0.176. The number of furan rings is 1. The molecule has 5 heteroatoms. The summed E-state index contributed by atoms with van der Waals surface area (Å²) in [5, 5.41) is 0. The van der Waals surface area contributed by atoms with Gasteiger partial charge in [-0.15, -0.1) is 0 Å². The Hall–Kier alpha value is -1.85. The van der Waals surface area contributed by atoms with Crippen molar-refractivity contribution in [2.45, 2.75) is 31.9 Å². The van der Waals surface area contributed by atoms with Gasteiger partial charge in [-0.3, -0.25) is 4.90 Å². The molecule has 0 saturated carbocycles. The van der Waals surface area contributed by atoms with Crippen LogP contribution in [0.15, 0.2) is 40.8 Å². The Morgan fingerprint density at radius 2 is 2.08 bits per heavy atom. The van der Waals surface area contributed by atoms with Crippen LogP contribution in [-0.4, -0.2) is 43.3 Å². The van der Waals surface area contributed by atoms with Crippen LogP contribution in [0, 0.1) is 12.7 Å². The van der Waals surface area contributed by atoms with Crippen molar-refractivity contribution in [2.75, 3.05) is 37.7 Å². The molecule has 1 atom stereocenters. The second-order valence-corrected chi connectivity index (χ2v) is 7.26. The normalized spacial score (nSPS) is 24.8. The van der Waals surface area contributed by atoms with Gasteiger partial charge in [0.05, 0.1) is 18.8 Å². The molecule has 0 radical (unpaired) electrons. The monoisotopic (exact) mass is 344 g/mol. The molecule has 25 heavy (non-hydrogen) atoms. The molecule has 4 rings (SSSR count). The van der Waals surface area contributed by atoms with Crippen molar-refractivity contribution in [3.8, 4) is 0 Å². The number of halogens is 1. The lowest BCUT2D eigenvalue weighted by Crippen LogP contribution is -2.59. The van der Waals surface area contributed by atoms with Crippen LogP contribution in [0.1, 0.15) is 24.4 Å². The smallest absolute Gasteiger partial charge is 0.125 e. The van der Waals surface area contributed by atoms with Gasteiger partial charge in [0.25, 0.3) is 0 Å². The van der Waals surface area contributed by atoms with E-state index in [1.807, 2.05) is 19.1 Å². The highest BCUT2D eigenvalue weighted by Gasteiger charge is 2.40. The van der Waals surface area contributed by atoms with Crippen molar-refractivity contribution < 1.29 is 13.5 Å². The zero-order valence-electron chi connectivity index (χ0n) is 14.7. The molecular formula is C20H25FN2O2. The Labute approximate surface area is 148 Å². The molecule has 1 spiro atoms. The summed E-state index contributed by atoms with van der Waals surface area (Å²) >= 11 is 0. The third kappa shape index (κ3) is 3.72. The maximum absolute atomic E-state index is 13.6. The zero-order chi connectivity index (χ0) is 17.3. The Morgan fingerprint density at radius 1 is 1.16 bits per heavy atom. The molecule has 0 amide bonds. The summed E-state index contributed by atoms with van der Waals surface area (Å²) in [7, 11) is 0. The van der Waals surface area contributed by atoms with Crippen molar-refractivity contribution in [3.63, 3.8) is 0 Å². The first-order chi connectivity index (χ1) is 12.1. The molecule has 1 unspecified atom stereocenters. The van der Waals surface area contributed by atoms with Crippen LogP contribution < -0.4 is 4.90 Å². The fourth-order valence-electron chi connectivity index (χ4n) is 4.09. The molecule has 2 aliphatic rings. The van der Waals surface area contributed by atoms with Crippen LogP contribution in [0.25, 0.3) is 0 Å². The summed E-state index contributed by atoms with van der Waals surface area (Å²) in [6, 6.07) is 10.9. The highest BCUT2D eigenvalue weighted by molar-refractivity contribution is 5.47. The van der Waals surface area contributed by atoms with E-state index in [0.717, 1.165) is 69.4 Å². The fourth-order valence-corrected chi connectivity index (χ4v) is 4.09. The van der Waals surface area contributed by atoms with Gasteiger partial charge in [-0.2, -0.15) is 0 Å². The van der Waals surface area contributed by atoms with Crippen molar-refractivity contribution in [3.05, 3.63) is 53.7 Å². The van der Waals surface area contributed by atoms with Crippen LogP contribution >= 0.6 is 0 Å². The number of hydrogen-bond donors (Lipinski definition) is 0. The lowest BCUT2D eigenvalue weighted by atomic mass is 9.90. The van der Waals surface area contributed by atoms with E-state index in [4.69, 9.17) is 9.15 Å². The Kier molecular flexibility index (Phi) is 4.52. The van der Waals surface area contributed by atoms with E-state index < -0.39 is 0 Å². The Bertz CT molecular complexity index is 728. The SMILES string of the molecule is Cc1ccc(CN2CCOC3(CCCN(c4cccc(F)c4)C3)C2)o1. The molecule has 134 valence electrons. The zero-order valence-corrected chi connectivity index (χ0v) is 14.7. The molecule has 2 fully saturated rings. The summed E-state index contributed by atoms with van der Waals surface area (Å²) in [6.45, 7) is 7.09. The van der Waals surface area contributed by atoms with Gasteiger partial charge in [0.15, 0.2) is 0 Å². The van der Waals surface area contributed by atoms with Gasteiger partial charge in [-0.05, 0) is 50.1 Å². The van der Waals surface area contributed by atoms with E-state index in [1.54, 1.807) is 12.1 Å². The van der Waals surface area contributed by atoms with E-state index >= 15 is 0 Å². The molecule has 0 aliphatic carbocycles. The number of ether oxygens (including phenoxy) is 1. The van der Waals surface area contributed by atoms with Gasteiger partial charge in [0, 0.05) is 31.9 Å². The minimum atomic E-state index is -0.184. The van der Waals surface area contributed by atoms with Crippen molar-refractivity contribution in [1.29, 1.82) is 0 Å². The molecule has 2 aromatic rings. The first-order valence-corrected chi connectivity index (χ1v) is 9.04. The third-order valence-corrected chi connectivity index (χ3v) is 5.22. The number of anilines is 1. The quantitative estimate of drug-likeness (QED) is 0.851. The molecule has 1 aromatic heterocycles. The van der Waals surface area contributed by atoms with Gasteiger partial charge >= 0.3 is 0 Å². The average molecular weight is 344 g/mol. The fraction of sp³-hybridized carbons (Fsp3) is 0.500. The third-order valence-electron chi connectivity index (χ3n) is 5.22. The number of hydrogen-bond acceptors (Lipinski definition) is 4. The summed E-state index contributed by atoms with van der Waals surface area (Å²) in [6.07, 6.45) is 2.11. The number of piperidine rings is 1. The lowest BCUT2D eigenvalue weighted by molar-refractivity contribution is -0.117. The maximum atomic E-state index is 13.6. The van der Waals surface area contributed by atoms with Gasteiger partial charge in [-0.1, -0.05) is 6.07 Å². The lowest BCUT2D eigenvalue weighted by Gasteiger charge is -2.48. The summed E-state index contributed by atoms with van der Waals surface area (Å²) in [5.74, 6) is 1.77. The number of morpholine rings is 1. The van der Waals surface area contributed by atoms with Crippen LogP contribution in [0.3, 0.4) is 0 Å². The molecule has 0 bridgehead atoms. The second kappa shape index (κ2) is 6.81. The first kappa shape index (κ1) is 16.6. The number of benzene rings is 1. The number of rotatable bonds is 3. The second-order valence-electron chi connectivity index (χ2n) is 7.26. The molecular weight excluding hydrogens is 319 g/mol. The topological polar surface area (TPSA) is 28.9 Å². The number of nitrogens with zero attached hydrogens (tertiary/aromatic N) is 2. The van der Waals surface area contributed by atoms with Gasteiger partial charge < -0.3 is 14.1 Å². The van der Waals surface area contributed by atoms with E-state index in [9.17, 15) is 4.39 Å². The van der Waals surface area contributed by atoms with E-state index in [1.165, 1.54) is 6.07 Å². The summed E-state index contributed by atoms with van der Waals surface area (Å²) in [5.41, 5.74) is 0.770. The van der Waals surface area contributed by atoms with Crippen molar-refractivity contribution in [2.24, 2.45) is 0 Å². The molecule has 2 saturated heterocycles. The van der Waals surface area contributed by atoms with Gasteiger partial charge in [0.1, 0.15) is 17.3 Å². The molecule has 1 aromatic carbocycles.